The number of rotatable bonds is 24. The molecule has 6 aliphatic rings. The van der Waals surface area contributed by atoms with Gasteiger partial charge in [-0.25, -0.2) is 41.3 Å². The Kier molecular flexibility index (Phi) is 27.0. The molecule has 0 atom stereocenters. The zero-order valence-corrected chi connectivity index (χ0v) is 72.2. The summed E-state index contributed by atoms with van der Waals surface area (Å²) in [6, 6.07) is 46.9. The number of likely N-dealkylation sites (tertiary alicyclic amines) is 1. The lowest BCUT2D eigenvalue weighted by Gasteiger charge is -2.36. The number of piperazine rings is 1. The van der Waals surface area contributed by atoms with Gasteiger partial charge in [0, 0.05) is 87.8 Å². The molecule has 6 saturated heterocycles. The Morgan fingerprint density at radius 1 is 0.336 bits per heavy atom. The van der Waals surface area contributed by atoms with Crippen LogP contribution in [0.1, 0.15) is 144 Å². The van der Waals surface area contributed by atoms with Crippen LogP contribution in [-0.4, -0.2) is 245 Å². The van der Waals surface area contributed by atoms with Crippen LogP contribution < -0.4 is 40.9 Å². The van der Waals surface area contributed by atoms with Gasteiger partial charge in [0.2, 0.25) is 53.5 Å². The molecule has 0 saturated carbocycles. The number of aromatic nitrogens is 15. The van der Waals surface area contributed by atoms with Crippen molar-refractivity contribution < 1.29 is 40.6 Å². The number of para-hydroxylation sites is 7. The first-order valence-corrected chi connectivity index (χ1v) is 43.4. The van der Waals surface area contributed by atoms with Gasteiger partial charge in [-0.15, -0.1) is 0 Å². The molecule has 4 N–H and O–H groups in total. The predicted molar refractivity (Wildman–Crippen MR) is 475 cm³/mol. The van der Waals surface area contributed by atoms with E-state index in [0.717, 1.165) is 90.9 Å². The van der Waals surface area contributed by atoms with Crippen molar-refractivity contribution in [1.82, 2.24) is 88.6 Å². The van der Waals surface area contributed by atoms with E-state index in [9.17, 15) is 26.3 Å². The number of piperidine rings is 2. The fraction of sp³-hybridized carbons (Fsp3) is 0.473. The van der Waals surface area contributed by atoms with Crippen LogP contribution in [0.2, 0.25) is 0 Å². The third-order valence-corrected chi connectivity index (χ3v) is 23.8. The standard InChI is InChI=1S/C31H38F2N8O.C30H37F2N9O.C30H36F2N8O/c1-31(2,20-22-8-4-5-9-23(22)21-12-14-39(3)15-13-21)38-28-35-29(40-16-18-42-19-17-40)37-30(36-28)41-25-11-7-6-10-24(25)34-27(41)26(32)33;1-30(2,20-21-8-4-6-10-23(21)39-14-12-38(3)13-15-39)37-27-34-28(40-16-18-42-19-17-40)36-29(35-27)41-24-11-7-5-9-22(24)33-26(41)25(31)32;1-30(2,19-21-7-3-4-8-22(21)20-11-13-33-14-12-20)38-27-35-28(39-15-17-41-18-16-39)37-29(36-27)40-24-10-6-5-9-23(24)34-26(40)25(31)32/h4-11,21,26H,12-20H2,1-3H3,(H,35,36,37,38);4-11,25H,12-20H2,1-3H3,(H,34,35,36,37);3-10,20,25,33H,11-19H2,1-2H3,(H,35,36,37,38). The van der Waals surface area contributed by atoms with E-state index in [1.54, 1.807) is 72.8 Å². The fourth-order valence-electron chi connectivity index (χ4n) is 17.6. The number of nitrogens with one attached hydrogen (secondary N) is 4. The van der Waals surface area contributed by atoms with Crippen molar-refractivity contribution in [2.45, 2.75) is 134 Å². The molecule has 6 aromatic carbocycles. The molecular formula is C91H111F6N25O3. The number of alkyl halides is 6. The van der Waals surface area contributed by atoms with E-state index in [0.29, 0.717) is 166 Å². The van der Waals surface area contributed by atoms with Crippen molar-refractivity contribution >= 4 is 74.5 Å². The molecule has 0 amide bonds. The highest BCUT2D eigenvalue weighted by Crippen LogP contribution is 2.38. The first-order valence-electron chi connectivity index (χ1n) is 43.4. The number of morpholine rings is 3. The molecular weight excluding hydrogens is 1610 g/mol. The zero-order chi connectivity index (χ0) is 86.9. The average Bonchev–Trinajstić information content (AvgIpc) is 1.66. The highest BCUT2D eigenvalue weighted by molar-refractivity contribution is 5.80. The predicted octanol–water partition coefficient (Wildman–Crippen LogP) is 14.3. The van der Waals surface area contributed by atoms with Crippen molar-refractivity contribution in [2.75, 3.05) is 181 Å². The molecule has 0 radical (unpaired) electrons. The Morgan fingerprint density at radius 3 is 1.01 bits per heavy atom. The summed E-state index contributed by atoms with van der Waals surface area (Å²) in [4.78, 5) is 68.2. The number of nitrogens with zero attached hydrogens (tertiary/aromatic N) is 21. The molecule has 0 spiro atoms. The number of hydrogen-bond donors (Lipinski definition) is 4. The zero-order valence-electron chi connectivity index (χ0n) is 72.2. The van der Waals surface area contributed by atoms with Crippen LogP contribution in [0.4, 0.5) is 67.7 Å². The maximum Gasteiger partial charge on any atom is 0.296 e. The second-order valence-corrected chi connectivity index (χ2v) is 34.8. The van der Waals surface area contributed by atoms with E-state index in [2.05, 4.69) is 194 Å². The molecule has 18 rings (SSSR count). The van der Waals surface area contributed by atoms with Gasteiger partial charge in [0.05, 0.1) is 72.7 Å². The number of benzene rings is 6. The lowest BCUT2D eigenvalue weighted by atomic mass is 9.83. The van der Waals surface area contributed by atoms with E-state index < -0.39 is 53.4 Å². The van der Waals surface area contributed by atoms with Crippen molar-refractivity contribution in [3.8, 4) is 17.8 Å². The van der Waals surface area contributed by atoms with Gasteiger partial charge >= 0.3 is 0 Å². The Morgan fingerprint density at radius 2 is 0.640 bits per heavy atom. The van der Waals surface area contributed by atoms with Crippen molar-refractivity contribution in [1.29, 1.82) is 0 Å². The molecule has 0 bridgehead atoms. The molecule has 125 heavy (non-hydrogen) atoms. The van der Waals surface area contributed by atoms with Gasteiger partial charge in [-0.1, -0.05) is 103 Å². The number of likely N-dealkylation sites (N-methyl/N-ethyl adjacent to an activating group) is 1. The molecule has 660 valence electrons. The maximum atomic E-state index is 14.2. The molecule has 12 heterocycles. The van der Waals surface area contributed by atoms with Gasteiger partial charge in [-0.3, -0.25) is 13.7 Å². The monoisotopic (exact) mass is 1720 g/mol. The molecule has 12 aromatic rings. The second kappa shape index (κ2) is 38.7. The van der Waals surface area contributed by atoms with Gasteiger partial charge in [0.1, 0.15) is 0 Å². The lowest BCUT2D eigenvalue weighted by molar-refractivity contribution is 0.122. The number of halogens is 6. The number of fused-ring (bicyclic) bond motifs is 3. The SMILES string of the molecule is CC(C)(Cc1ccccc1C1CCNCC1)Nc1nc(N2CCOCC2)nc(-n2c(C(F)F)nc3ccccc32)n1.CN1CCC(c2ccccc2CC(C)(C)Nc2nc(N3CCOCC3)nc(-n3c(C(F)F)nc4ccccc43)n2)CC1.CN1CCN(c2ccccc2CC(C)(C)Nc2nc(N3CCOCC3)nc(-n3c(C(F)F)nc4ccccc43)n2)CC1. The van der Waals surface area contributed by atoms with Gasteiger partial charge in [0.15, 0.2) is 17.5 Å². The first kappa shape index (κ1) is 87.2. The minimum atomic E-state index is -2.81. The normalized spacial score (nSPS) is 17.1. The fourth-order valence-corrected chi connectivity index (χ4v) is 17.6. The Labute approximate surface area is 724 Å². The van der Waals surface area contributed by atoms with E-state index in [-0.39, 0.29) is 17.8 Å². The molecule has 0 aliphatic carbocycles. The third kappa shape index (κ3) is 21.0. The van der Waals surface area contributed by atoms with Crippen LogP contribution in [0, 0.1) is 0 Å². The third-order valence-electron chi connectivity index (χ3n) is 23.8. The summed E-state index contributed by atoms with van der Waals surface area (Å²) in [7, 11) is 4.33. The maximum absolute atomic E-state index is 14.2. The Hall–Kier alpha value is -11.3. The van der Waals surface area contributed by atoms with E-state index >= 15 is 0 Å². The van der Waals surface area contributed by atoms with Crippen LogP contribution in [0.3, 0.4) is 0 Å². The number of imidazole rings is 3. The van der Waals surface area contributed by atoms with Gasteiger partial charge < -0.3 is 64.9 Å². The number of ether oxygens (including phenoxy) is 3. The minimum absolute atomic E-state index is 0.103. The first-order chi connectivity index (χ1) is 60.4. The summed E-state index contributed by atoms with van der Waals surface area (Å²) in [5.41, 5.74) is 9.42. The summed E-state index contributed by atoms with van der Waals surface area (Å²) in [6.07, 6.45) is -1.67. The van der Waals surface area contributed by atoms with Crippen molar-refractivity contribution in [3.05, 3.63) is 191 Å². The summed E-state index contributed by atoms with van der Waals surface area (Å²) < 4.78 is 106. The Balaban J connectivity index is 0.000000138. The highest BCUT2D eigenvalue weighted by Gasteiger charge is 2.35. The van der Waals surface area contributed by atoms with Crippen LogP contribution in [0.5, 0.6) is 0 Å². The molecule has 28 nitrogen and oxygen atoms in total. The molecule has 6 aliphatic heterocycles. The van der Waals surface area contributed by atoms with Crippen molar-refractivity contribution in [3.63, 3.8) is 0 Å². The largest absolute Gasteiger partial charge is 0.378 e. The summed E-state index contributed by atoms with van der Waals surface area (Å²) in [5, 5.41) is 14.0. The number of hydrogen-bond acceptors (Lipinski definition) is 25. The molecule has 0 unspecified atom stereocenters. The minimum Gasteiger partial charge on any atom is -0.378 e. The smallest absolute Gasteiger partial charge is 0.296 e. The highest BCUT2D eigenvalue weighted by atomic mass is 19.3. The van der Waals surface area contributed by atoms with Crippen LogP contribution in [0.15, 0.2) is 146 Å². The molecule has 6 aromatic heterocycles. The second-order valence-electron chi connectivity index (χ2n) is 34.8. The lowest BCUT2D eigenvalue weighted by Crippen LogP contribution is -2.45. The summed E-state index contributed by atoms with van der Waals surface area (Å²) in [5.74, 6) is 2.44. The van der Waals surface area contributed by atoms with Gasteiger partial charge in [0.25, 0.3) is 19.3 Å². The van der Waals surface area contributed by atoms with Crippen molar-refractivity contribution in [2.24, 2.45) is 0 Å². The van der Waals surface area contributed by atoms with Gasteiger partial charge in [-0.05, 0) is 209 Å². The average molecular weight is 1720 g/mol. The van der Waals surface area contributed by atoms with E-state index in [4.69, 9.17) is 44.1 Å². The molecule has 34 heteroatoms. The quantitative estimate of drug-likeness (QED) is 0.0410. The van der Waals surface area contributed by atoms with Crippen LogP contribution in [-0.2, 0) is 33.5 Å². The summed E-state index contributed by atoms with van der Waals surface area (Å²) in [6.45, 7) is 27.8. The van der Waals surface area contributed by atoms with E-state index in [1.807, 2.05) is 14.7 Å². The van der Waals surface area contributed by atoms with Crippen LogP contribution in [0.25, 0.3) is 50.9 Å². The number of anilines is 7. The van der Waals surface area contributed by atoms with E-state index in [1.165, 1.54) is 47.2 Å². The van der Waals surface area contributed by atoms with Crippen LogP contribution >= 0.6 is 0 Å². The molecule has 6 fully saturated rings. The Bertz CT molecular complexity index is 5400. The topological polar surface area (TPSA) is 265 Å². The summed E-state index contributed by atoms with van der Waals surface area (Å²) >= 11 is 0. The van der Waals surface area contributed by atoms with Gasteiger partial charge in [-0.2, -0.15) is 44.9 Å².